The molecule has 0 fully saturated rings. The molecule has 4 heterocycles. The maximum absolute atomic E-state index is 11.2. The van der Waals surface area contributed by atoms with Crippen LogP contribution in [-0.4, -0.2) is 37.0 Å². The zero-order chi connectivity index (χ0) is 18.0. The second kappa shape index (κ2) is 7.63. The van der Waals surface area contributed by atoms with E-state index in [0.29, 0.717) is 21.2 Å². The normalized spacial score (nSPS) is 12.2. The lowest BCUT2D eigenvalue weighted by Gasteiger charge is -1.96. The Labute approximate surface area is 166 Å². The molecular formula is C15H10Cl2IN5O2. The number of nitrogens with one attached hydrogen (secondary N) is 1. The van der Waals surface area contributed by atoms with Gasteiger partial charge in [-0.05, 0) is 34.2 Å². The third-order valence-corrected chi connectivity index (χ3v) is 4.69. The number of carbonyl (C=O) groups excluding carboxylic acids is 1. The molecule has 0 unspecified atom stereocenters. The SMILES string of the molecule is COC(=O)c1n[nH]c2cc(Cl)ncc12.Clc1cc2c(cn1)C(I)=NC2. The van der Waals surface area contributed by atoms with Crippen molar-refractivity contribution >= 4 is 66.4 Å². The van der Waals surface area contributed by atoms with Crippen LogP contribution in [-0.2, 0) is 11.3 Å². The number of pyridine rings is 2. The Morgan fingerprint density at radius 3 is 2.72 bits per heavy atom. The minimum Gasteiger partial charge on any atom is -0.464 e. The van der Waals surface area contributed by atoms with Crippen molar-refractivity contribution < 1.29 is 9.53 Å². The summed E-state index contributed by atoms with van der Waals surface area (Å²) in [5.74, 6) is -0.500. The van der Waals surface area contributed by atoms with Crippen LogP contribution in [0.4, 0.5) is 0 Å². The summed E-state index contributed by atoms with van der Waals surface area (Å²) in [5, 5.41) is 7.97. The molecule has 7 nitrogen and oxygen atoms in total. The number of methoxy groups -OCH3 is 1. The second-order valence-corrected chi connectivity index (χ2v) is 6.68. The third kappa shape index (κ3) is 3.91. The fraction of sp³-hybridized carbons (Fsp3) is 0.133. The highest BCUT2D eigenvalue weighted by Gasteiger charge is 2.15. The summed E-state index contributed by atoms with van der Waals surface area (Å²) >= 11 is 13.6. The number of ether oxygens (including phenoxy) is 1. The molecule has 0 amide bonds. The van der Waals surface area contributed by atoms with Gasteiger partial charge in [-0.15, -0.1) is 0 Å². The molecule has 1 aliphatic heterocycles. The van der Waals surface area contributed by atoms with Crippen LogP contribution in [0.25, 0.3) is 10.9 Å². The lowest BCUT2D eigenvalue weighted by atomic mass is 10.2. The van der Waals surface area contributed by atoms with Gasteiger partial charge in [-0.1, -0.05) is 23.2 Å². The first-order chi connectivity index (χ1) is 12.0. The third-order valence-electron chi connectivity index (χ3n) is 3.36. The van der Waals surface area contributed by atoms with Crippen LogP contribution >= 0.6 is 45.8 Å². The summed E-state index contributed by atoms with van der Waals surface area (Å²) < 4.78 is 5.58. The molecule has 1 aliphatic rings. The molecule has 128 valence electrons. The van der Waals surface area contributed by atoms with Crippen LogP contribution in [0.5, 0.6) is 0 Å². The van der Waals surface area contributed by atoms with Crippen molar-refractivity contribution in [2.24, 2.45) is 4.99 Å². The predicted octanol–water partition coefficient (Wildman–Crippen LogP) is 3.83. The zero-order valence-corrected chi connectivity index (χ0v) is 16.4. The van der Waals surface area contributed by atoms with E-state index in [0.717, 1.165) is 15.8 Å². The minimum absolute atomic E-state index is 0.215. The van der Waals surface area contributed by atoms with Crippen molar-refractivity contribution in [3.05, 3.63) is 51.7 Å². The second-order valence-electron chi connectivity index (χ2n) is 4.89. The average molecular weight is 490 g/mol. The molecule has 0 aromatic carbocycles. The van der Waals surface area contributed by atoms with Crippen LogP contribution in [0, 0.1) is 0 Å². The lowest BCUT2D eigenvalue weighted by molar-refractivity contribution is 0.0596. The molecule has 1 N–H and O–H groups in total. The van der Waals surface area contributed by atoms with E-state index >= 15 is 0 Å². The minimum atomic E-state index is -0.500. The van der Waals surface area contributed by atoms with Gasteiger partial charge in [0.05, 0.1) is 24.6 Å². The number of nitrogens with zero attached hydrogens (tertiary/aromatic N) is 4. The van der Waals surface area contributed by atoms with Crippen molar-refractivity contribution in [2.45, 2.75) is 6.54 Å². The van der Waals surface area contributed by atoms with E-state index in [1.54, 1.807) is 12.3 Å². The Bertz CT molecular complexity index is 989. The van der Waals surface area contributed by atoms with Gasteiger partial charge in [-0.2, -0.15) is 5.10 Å². The Morgan fingerprint density at radius 2 is 1.96 bits per heavy atom. The summed E-state index contributed by atoms with van der Waals surface area (Å²) in [6.45, 7) is 0.746. The Kier molecular flexibility index (Phi) is 5.50. The van der Waals surface area contributed by atoms with E-state index in [1.165, 1.54) is 18.9 Å². The molecule has 4 rings (SSSR count). The number of fused-ring (bicyclic) bond motifs is 2. The van der Waals surface area contributed by atoms with Crippen LogP contribution in [0.2, 0.25) is 10.3 Å². The molecule has 0 spiro atoms. The molecule has 0 saturated carbocycles. The highest BCUT2D eigenvalue weighted by molar-refractivity contribution is 14.1. The van der Waals surface area contributed by atoms with Crippen LogP contribution in [0.3, 0.4) is 0 Å². The highest BCUT2D eigenvalue weighted by Crippen LogP contribution is 2.23. The number of rotatable bonds is 1. The van der Waals surface area contributed by atoms with Gasteiger partial charge in [0.2, 0.25) is 0 Å². The van der Waals surface area contributed by atoms with Crippen molar-refractivity contribution in [1.82, 2.24) is 20.2 Å². The molecule has 0 atom stereocenters. The number of hydrogen-bond acceptors (Lipinski definition) is 6. The number of H-pyrrole nitrogens is 1. The van der Waals surface area contributed by atoms with Crippen LogP contribution in [0.1, 0.15) is 21.6 Å². The Hall–Kier alpha value is -1.78. The van der Waals surface area contributed by atoms with E-state index in [-0.39, 0.29) is 5.69 Å². The summed E-state index contributed by atoms with van der Waals surface area (Å²) in [5.41, 5.74) is 3.17. The number of hydrogen-bond donors (Lipinski definition) is 1. The maximum Gasteiger partial charge on any atom is 0.359 e. The van der Waals surface area contributed by atoms with Gasteiger partial charge in [-0.3, -0.25) is 10.1 Å². The van der Waals surface area contributed by atoms with E-state index in [2.05, 4.69) is 52.5 Å². The summed E-state index contributed by atoms with van der Waals surface area (Å²) in [6, 6.07) is 3.46. The summed E-state index contributed by atoms with van der Waals surface area (Å²) in [7, 11) is 1.30. The maximum atomic E-state index is 11.2. The van der Waals surface area contributed by atoms with Gasteiger partial charge in [-0.25, -0.2) is 14.8 Å². The number of aliphatic imine (C=N–C) groups is 1. The van der Waals surface area contributed by atoms with E-state index < -0.39 is 5.97 Å². The van der Waals surface area contributed by atoms with Crippen molar-refractivity contribution in [1.29, 1.82) is 0 Å². The van der Waals surface area contributed by atoms with Gasteiger partial charge in [0.15, 0.2) is 5.69 Å². The molecule has 3 aromatic heterocycles. The zero-order valence-electron chi connectivity index (χ0n) is 12.8. The van der Waals surface area contributed by atoms with Gasteiger partial charge in [0.1, 0.15) is 14.0 Å². The number of aromatic nitrogens is 4. The lowest BCUT2D eigenvalue weighted by Crippen LogP contribution is -2.01. The largest absolute Gasteiger partial charge is 0.464 e. The first-order valence-electron chi connectivity index (χ1n) is 6.92. The molecule has 0 bridgehead atoms. The fourth-order valence-electron chi connectivity index (χ4n) is 2.16. The highest BCUT2D eigenvalue weighted by atomic mass is 127. The van der Waals surface area contributed by atoms with Gasteiger partial charge in [0, 0.05) is 24.0 Å². The molecule has 10 heteroatoms. The predicted molar refractivity (Wildman–Crippen MR) is 104 cm³/mol. The summed E-state index contributed by atoms with van der Waals surface area (Å²) in [6.07, 6.45) is 3.25. The van der Waals surface area contributed by atoms with Crippen molar-refractivity contribution in [2.75, 3.05) is 7.11 Å². The number of halogens is 3. The molecule has 25 heavy (non-hydrogen) atoms. The quantitative estimate of drug-likeness (QED) is 0.318. The first kappa shape index (κ1) is 18.0. The van der Waals surface area contributed by atoms with E-state index in [9.17, 15) is 4.79 Å². The number of aromatic amines is 1. The van der Waals surface area contributed by atoms with Crippen LogP contribution in [0.15, 0.2) is 29.5 Å². The molecule has 3 aromatic rings. The monoisotopic (exact) mass is 489 g/mol. The smallest absolute Gasteiger partial charge is 0.359 e. The fourth-order valence-corrected chi connectivity index (χ4v) is 3.16. The molecule has 0 aliphatic carbocycles. The van der Waals surface area contributed by atoms with E-state index in [4.69, 9.17) is 23.2 Å². The summed E-state index contributed by atoms with van der Waals surface area (Å²) in [4.78, 5) is 23.3. The van der Waals surface area contributed by atoms with Crippen molar-refractivity contribution in [3.63, 3.8) is 0 Å². The molecule has 0 radical (unpaired) electrons. The average Bonchev–Trinajstić information content (AvgIpc) is 3.18. The van der Waals surface area contributed by atoms with E-state index in [1.807, 2.05) is 6.07 Å². The number of carbonyl (C=O) groups is 1. The van der Waals surface area contributed by atoms with Crippen LogP contribution < -0.4 is 0 Å². The standard InChI is InChI=1S/C8H6ClN3O2.C7H4ClIN2/c1-14-8(13)7-4-3-10-6(9)2-5(4)11-12-7;8-6-1-4-2-11-7(9)5(4)3-10-6/h2-3H,1H3,(H,11,12);1,3H,2H2. The van der Waals surface area contributed by atoms with Crippen molar-refractivity contribution in [3.8, 4) is 0 Å². The molecular weight excluding hydrogens is 480 g/mol. The van der Waals surface area contributed by atoms with Gasteiger partial charge in [0.25, 0.3) is 0 Å². The Morgan fingerprint density at radius 1 is 1.24 bits per heavy atom. The molecule has 0 saturated heterocycles. The first-order valence-corrected chi connectivity index (χ1v) is 8.75. The Balaban J connectivity index is 0.000000150. The topological polar surface area (TPSA) is 93.1 Å². The van der Waals surface area contributed by atoms with Gasteiger partial charge < -0.3 is 4.74 Å². The number of esters is 1. The van der Waals surface area contributed by atoms with Gasteiger partial charge >= 0.3 is 5.97 Å².